The Hall–Kier alpha value is -9.06. The van der Waals surface area contributed by atoms with Gasteiger partial charge >= 0.3 is 0 Å². The van der Waals surface area contributed by atoms with Crippen LogP contribution in [0.25, 0.3) is 56.2 Å². The molecular formula is C69H49BN4. The molecule has 2 aliphatic carbocycles. The molecule has 4 aliphatic rings. The second kappa shape index (κ2) is 16.0. The fourth-order valence-electron chi connectivity index (χ4n) is 12.5. The monoisotopic (exact) mass is 954 g/mol. The van der Waals surface area contributed by atoms with E-state index in [0.29, 0.717) is 5.56 Å². The van der Waals surface area contributed by atoms with Crippen LogP contribution in [-0.4, -0.2) is 16.7 Å². The highest BCUT2D eigenvalue weighted by molar-refractivity contribution is 7.00. The lowest BCUT2D eigenvalue weighted by molar-refractivity contribution is 0.590. The lowest BCUT2D eigenvalue weighted by Crippen LogP contribution is -2.61. The average molecular weight is 955 g/mol. The number of anilines is 6. The summed E-state index contributed by atoms with van der Waals surface area (Å²) in [5, 5.41) is 0. The van der Waals surface area contributed by atoms with Gasteiger partial charge in [0.15, 0.2) is 5.82 Å². The van der Waals surface area contributed by atoms with Gasteiger partial charge < -0.3 is 9.80 Å². The minimum atomic E-state index is -0.830. The Bertz CT molecular complexity index is 4560. The van der Waals surface area contributed by atoms with Gasteiger partial charge in [-0.2, -0.15) is 0 Å². The second-order valence-corrected chi connectivity index (χ2v) is 20.5. The van der Waals surface area contributed by atoms with Crippen molar-refractivity contribution in [3.8, 4) is 56.2 Å². The Kier molecular flexibility index (Phi) is 7.25. The number of hydrogen-bond acceptors (Lipinski definition) is 4. The van der Waals surface area contributed by atoms with Crippen LogP contribution < -0.4 is 26.2 Å². The van der Waals surface area contributed by atoms with Crippen LogP contribution >= 0.6 is 0 Å². The van der Waals surface area contributed by atoms with Crippen LogP contribution in [0.5, 0.6) is 0 Å². The maximum absolute atomic E-state index is 9.00. The second-order valence-electron chi connectivity index (χ2n) is 20.5. The average Bonchev–Trinajstić information content (AvgIpc) is 1.44. The van der Waals surface area contributed by atoms with Crippen molar-refractivity contribution in [3.05, 3.63) is 270 Å². The maximum Gasteiger partial charge on any atom is 0.252 e. The van der Waals surface area contributed by atoms with Crippen molar-refractivity contribution in [1.29, 1.82) is 0 Å². The molecule has 5 heteroatoms. The molecule has 1 atom stereocenters. The van der Waals surface area contributed by atoms with Crippen LogP contribution in [-0.2, 0) is 10.8 Å². The fourth-order valence-corrected chi connectivity index (χ4v) is 12.5. The molecule has 0 saturated heterocycles. The van der Waals surface area contributed by atoms with Gasteiger partial charge in [0.1, 0.15) is 0 Å². The molecule has 0 fully saturated rings. The minimum absolute atomic E-state index is 0.0701. The summed E-state index contributed by atoms with van der Waals surface area (Å²) in [7, 11) is 0. The van der Waals surface area contributed by atoms with Crippen LogP contribution in [0.1, 0.15) is 62.3 Å². The summed E-state index contributed by atoms with van der Waals surface area (Å²) >= 11 is 0. The number of fused-ring (bicyclic) bond motifs is 14. The number of nitrogens with zero attached hydrogens (tertiary/aromatic N) is 4. The van der Waals surface area contributed by atoms with E-state index in [-0.39, 0.29) is 40.5 Å². The van der Waals surface area contributed by atoms with Gasteiger partial charge in [-0.25, -0.2) is 9.97 Å². The maximum atomic E-state index is 9.00. The van der Waals surface area contributed by atoms with E-state index in [1.807, 2.05) is 12.1 Å². The van der Waals surface area contributed by atoms with E-state index in [4.69, 9.17) is 18.7 Å². The Morgan fingerprint density at radius 3 is 1.58 bits per heavy atom. The molecule has 0 bridgehead atoms. The predicted octanol–water partition coefficient (Wildman–Crippen LogP) is 15.2. The molecule has 0 N–H and O–H groups in total. The first-order valence-electron chi connectivity index (χ1n) is 30.0. The third-order valence-electron chi connectivity index (χ3n) is 15.6. The molecule has 2 aliphatic heterocycles. The number of aromatic nitrogens is 2. The predicted molar refractivity (Wildman–Crippen MR) is 307 cm³/mol. The Balaban J connectivity index is 0.995. The van der Waals surface area contributed by atoms with Gasteiger partial charge in [0, 0.05) is 50.8 Å². The summed E-state index contributed by atoms with van der Waals surface area (Å²) in [6.07, 6.45) is 0. The molecule has 0 amide bonds. The van der Waals surface area contributed by atoms with E-state index in [1.54, 1.807) is 6.07 Å². The molecular weight excluding hydrogens is 896 g/mol. The lowest BCUT2D eigenvalue weighted by atomic mass is 9.33. The zero-order valence-electron chi connectivity index (χ0n) is 50.7. The summed E-state index contributed by atoms with van der Waals surface area (Å²) in [5.74, 6) is -0.258. The fraction of sp³-hybridized carbons (Fsp3) is 0.0725. The standard InChI is InChI=1S/C69H49BN4/c1-68(2,3)47-39-64-66-65(40-47)74(49-28-14-7-15-29-49)63-42-57-53(41-59(63)70(66)58-34-20-21-35-62(58)73(64)48-26-12-6-13-27-48)51-31-17-19-33-55(51)69(57)54-32-18-16-30-50(54)52-38-46(36-37-56(52)69)61-43-60(44-22-8-4-9-23-44)71-67(72-61)45-24-10-5-11-25-45/h4-43H,1-3H3/i4D,5D,8D,9D,10D,11D,22D,23D,24D,25D. The molecule has 74 heavy (non-hydrogen) atoms. The van der Waals surface area contributed by atoms with Crippen LogP contribution in [0, 0.1) is 0 Å². The quantitative estimate of drug-likeness (QED) is 0.161. The first-order chi connectivity index (χ1) is 40.5. The van der Waals surface area contributed by atoms with Crippen molar-refractivity contribution in [2.75, 3.05) is 9.80 Å². The first kappa shape index (κ1) is 33.6. The van der Waals surface area contributed by atoms with E-state index in [2.05, 4.69) is 199 Å². The molecule has 1 spiro atoms. The van der Waals surface area contributed by atoms with E-state index >= 15 is 0 Å². The van der Waals surface area contributed by atoms with Crippen LogP contribution in [0.3, 0.4) is 0 Å². The van der Waals surface area contributed by atoms with E-state index in [1.165, 1.54) is 22.0 Å². The van der Waals surface area contributed by atoms with E-state index in [9.17, 15) is 0 Å². The number of para-hydroxylation sites is 3. The molecule has 11 aromatic rings. The van der Waals surface area contributed by atoms with Gasteiger partial charge in [-0.05, 0) is 133 Å². The van der Waals surface area contributed by atoms with Gasteiger partial charge in [-0.1, -0.05) is 203 Å². The zero-order valence-corrected chi connectivity index (χ0v) is 40.7. The van der Waals surface area contributed by atoms with Crippen molar-refractivity contribution in [2.45, 2.75) is 31.6 Å². The first-order valence-corrected chi connectivity index (χ1v) is 25.0. The van der Waals surface area contributed by atoms with Crippen LogP contribution in [0.4, 0.5) is 34.1 Å². The van der Waals surface area contributed by atoms with Gasteiger partial charge in [0.05, 0.1) is 30.5 Å². The molecule has 0 saturated carbocycles. The Labute approximate surface area is 447 Å². The van der Waals surface area contributed by atoms with Crippen LogP contribution in [0.15, 0.2) is 242 Å². The van der Waals surface area contributed by atoms with Gasteiger partial charge in [-0.15, -0.1) is 0 Å². The summed E-state index contributed by atoms with van der Waals surface area (Å²) in [6.45, 7) is 6.71. The molecule has 3 heterocycles. The highest BCUT2D eigenvalue weighted by Crippen LogP contribution is 2.64. The zero-order chi connectivity index (χ0) is 58.0. The largest absolute Gasteiger partial charge is 0.311 e. The van der Waals surface area contributed by atoms with Gasteiger partial charge in [0.25, 0.3) is 6.71 Å². The summed E-state index contributed by atoms with van der Waals surface area (Å²) in [5.41, 5.74) is 19.2. The molecule has 1 unspecified atom stereocenters. The van der Waals surface area contributed by atoms with Gasteiger partial charge in [-0.3, -0.25) is 0 Å². The van der Waals surface area contributed by atoms with Crippen molar-refractivity contribution in [3.63, 3.8) is 0 Å². The summed E-state index contributed by atoms with van der Waals surface area (Å²) < 4.78 is 87.0. The third kappa shape index (κ3) is 6.10. The molecule has 1 aromatic heterocycles. The highest BCUT2D eigenvalue weighted by atomic mass is 15.2. The molecule has 15 rings (SSSR count). The minimum Gasteiger partial charge on any atom is -0.311 e. The van der Waals surface area contributed by atoms with Gasteiger partial charge in [0.2, 0.25) is 0 Å². The molecule has 348 valence electrons. The van der Waals surface area contributed by atoms with Crippen molar-refractivity contribution < 1.29 is 13.7 Å². The number of rotatable bonds is 5. The van der Waals surface area contributed by atoms with Crippen molar-refractivity contribution in [1.82, 2.24) is 9.97 Å². The smallest absolute Gasteiger partial charge is 0.252 e. The Morgan fingerprint density at radius 2 is 0.946 bits per heavy atom. The molecule has 4 nitrogen and oxygen atoms in total. The summed E-state index contributed by atoms with van der Waals surface area (Å²) in [6, 6.07) is 59.3. The van der Waals surface area contributed by atoms with Crippen molar-refractivity contribution in [2.24, 2.45) is 0 Å². The molecule has 0 radical (unpaired) electrons. The highest BCUT2D eigenvalue weighted by Gasteiger charge is 2.53. The third-order valence-corrected chi connectivity index (χ3v) is 15.6. The lowest BCUT2D eigenvalue weighted by Gasteiger charge is -2.45. The van der Waals surface area contributed by atoms with E-state index < -0.39 is 65.8 Å². The molecule has 10 aromatic carbocycles. The number of hydrogen-bond donors (Lipinski definition) is 0. The summed E-state index contributed by atoms with van der Waals surface area (Å²) in [4.78, 5) is 14.5. The Morgan fingerprint density at radius 1 is 0.419 bits per heavy atom. The SMILES string of the molecule is [2H]c1c([2H])c([2H])c(-c2cc(-c3ccc4c(c3)-c3ccccc3C43c4ccccc4-c4cc5c(cc43)N(c3ccccc3)c3cc(C(C)(C)C)cc4c3B5c3ccccc3N4c3ccccc3)nc(-c3c([2H])c([2H])c([2H])c([2H])c3[2H])n2)c([2H])c1[2H]. The van der Waals surface area contributed by atoms with E-state index in [0.717, 1.165) is 78.6 Å². The van der Waals surface area contributed by atoms with Crippen molar-refractivity contribution >= 4 is 57.2 Å². The van der Waals surface area contributed by atoms with Crippen LogP contribution in [0.2, 0.25) is 0 Å². The normalized spacial score (nSPS) is 17.1. The number of benzene rings is 10. The topological polar surface area (TPSA) is 32.3 Å².